The highest BCUT2D eigenvalue weighted by atomic mass is 16.5. The van der Waals surface area contributed by atoms with E-state index < -0.39 is 11.9 Å². The van der Waals surface area contributed by atoms with Crippen molar-refractivity contribution in [2.45, 2.75) is 44.6 Å². The number of nitrogens with two attached hydrogens (primary N) is 2. The number of carbonyl (C=O) groups is 3. The van der Waals surface area contributed by atoms with E-state index in [1.165, 1.54) is 0 Å². The van der Waals surface area contributed by atoms with Crippen molar-refractivity contribution in [2.24, 2.45) is 16.5 Å². The maximum Gasteiger partial charge on any atom is 0.343 e. The molecule has 2 aromatic rings. The first kappa shape index (κ1) is 23.8. The first-order chi connectivity index (χ1) is 15.9. The van der Waals surface area contributed by atoms with Crippen LogP contribution in [0.15, 0.2) is 53.5 Å². The molecule has 0 aromatic heterocycles. The molecule has 0 radical (unpaired) electrons. The molecule has 9 heteroatoms. The maximum absolute atomic E-state index is 12.3. The minimum atomic E-state index is -0.515. The molecule has 3 rings (SSSR count). The molecule has 0 atom stereocenters. The number of aliphatic imine (C=N–C) groups is 1. The summed E-state index contributed by atoms with van der Waals surface area (Å²) in [6, 6.07) is 13.4. The van der Waals surface area contributed by atoms with Crippen molar-refractivity contribution in [1.29, 1.82) is 0 Å². The Kier molecular flexibility index (Phi) is 8.40. The average Bonchev–Trinajstić information content (AvgIpc) is 3.30. The highest BCUT2D eigenvalue weighted by Crippen LogP contribution is 2.18. The van der Waals surface area contributed by atoms with Gasteiger partial charge in [-0.05, 0) is 61.2 Å². The van der Waals surface area contributed by atoms with E-state index >= 15 is 0 Å². The van der Waals surface area contributed by atoms with Gasteiger partial charge in [0.2, 0.25) is 0 Å². The van der Waals surface area contributed by atoms with Crippen molar-refractivity contribution in [3.8, 4) is 5.75 Å². The smallest absolute Gasteiger partial charge is 0.343 e. The third-order valence-electron chi connectivity index (χ3n) is 5.20. The Morgan fingerprint density at radius 2 is 1.64 bits per heavy atom. The number of rotatable bonds is 9. The first-order valence-electron chi connectivity index (χ1n) is 10.8. The van der Waals surface area contributed by atoms with Crippen LogP contribution in [0.5, 0.6) is 5.75 Å². The topological polar surface area (TPSA) is 146 Å². The quantitative estimate of drug-likeness (QED) is 0.229. The summed E-state index contributed by atoms with van der Waals surface area (Å²) < 4.78 is 10.4. The number of carbonyl (C=O) groups excluding carboxylic acids is 3. The van der Waals surface area contributed by atoms with Gasteiger partial charge in [0.15, 0.2) is 12.6 Å². The zero-order valence-electron chi connectivity index (χ0n) is 18.3. The number of aryl methyl sites for hydroxylation is 1. The predicted octanol–water partition coefficient (Wildman–Crippen LogP) is 2.35. The molecule has 1 saturated carbocycles. The predicted molar refractivity (Wildman–Crippen MR) is 123 cm³/mol. The first-order valence-corrected chi connectivity index (χ1v) is 10.8. The zero-order valence-corrected chi connectivity index (χ0v) is 18.3. The van der Waals surface area contributed by atoms with Crippen LogP contribution in [0.4, 0.5) is 5.69 Å². The van der Waals surface area contributed by atoms with Crippen LogP contribution in [0.2, 0.25) is 0 Å². The number of nitrogens with zero attached hydrogens (tertiary/aromatic N) is 1. The number of ether oxygens (including phenoxy) is 2. The maximum atomic E-state index is 12.3. The van der Waals surface area contributed by atoms with Crippen LogP contribution < -0.4 is 21.5 Å². The molecule has 2 aromatic carbocycles. The van der Waals surface area contributed by atoms with Crippen LogP contribution >= 0.6 is 0 Å². The Labute approximate surface area is 192 Å². The fraction of sp³-hybridized carbons (Fsp3) is 0.333. The monoisotopic (exact) mass is 452 g/mol. The molecule has 1 amide bonds. The minimum absolute atomic E-state index is 0.0662. The van der Waals surface area contributed by atoms with E-state index in [4.69, 9.17) is 20.9 Å². The number of hydrogen-bond acceptors (Lipinski definition) is 6. The van der Waals surface area contributed by atoms with E-state index in [9.17, 15) is 14.4 Å². The second-order valence-electron chi connectivity index (χ2n) is 7.83. The van der Waals surface area contributed by atoms with Crippen molar-refractivity contribution in [3.05, 3.63) is 59.7 Å². The molecule has 1 aliphatic rings. The van der Waals surface area contributed by atoms with Gasteiger partial charge in [-0.25, -0.2) is 9.79 Å². The van der Waals surface area contributed by atoms with Crippen LogP contribution in [0.1, 0.15) is 48.0 Å². The molecule has 0 unspecified atom stereocenters. The fourth-order valence-corrected chi connectivity index (χ4v) is 3.52. The number of guanidine groups is 1. The van der Waals surface area contributed by atoms with Gasteiger partial charge < -0.3 is 26.3 Å². The van der Waals surface area contributed by atoms with Crippen molar-refractivity contribution in [2.75, 3.05) is 6.61 Å². The molecule has 1 aliphatic carbocycles. The Morgan fingerprint density at radius 1 is 0.970 bits per heavy atom. The van der Waals surface area contributed by atoms with Crippen molar-refractivity contribution >= 4 is 29.5 Å². The van der Waals surface area contributed by atoms with Gasteiger partial charge >= 0.3 is 11.9 Å². The van der Waals surface area contributed by atoms with E-state index in [2.05, 4.69) is 10.3 Å². The largest absolute Gasteiger partial charge is 0.456 e. The van der Waals surface area contributed by atoms with Crippen LogP contribution in [0.3, 0.4) is 0 Å². The minimum Gasteiger partial charge on any atom is -0.456 e. The lowest BCUT2D eigenvalue weighted by Crippen LogP contribution is -2.35. The second kappa shape index (κ2) is 11.7. The zero-order chi connectivity index (χ0) is 23.6. The van der Waals surface area contributed by atoms with Gasteiger partial charge in [0.05, 0.1) is 11.3 Å². The summed E-state index contributed by atoms with van der Waals surface area (Å²) in [5.41, 5.74) is 12.4. The number of benzene rings is 2. The van der Waals surface area contributed by atoms with Gasteiger partial charge in [0.1, 0.15) is 5.75 Å². The van der Waals surface area contributed by atoms with Gasteiger partial charge in [-0.1, -0.05) is 25.0 Å². The van der Waals surface area contributed by atoms with Crippen LogP contribution in [-0.2, 0) is 20.7 Å². The van der Waals surface area contributed by atoms with Gasteiger partial charge in [-0.15, -0.1) is 0 Å². The lowest BCUT2D eigenvalue weighted by atomic mass is 10.1. The Bertz CT molecular complexity index is 993. The van der Waals surface area contributed by atoms with Crippen molar-refractivity contribution in [1.82, 2.24) is 5.32 Å². The highest BCUT2D eigenvalue weighted by molar-refractivity contribution is 5.91. The number of esters is 2. The molecule has 9 nitrogen and oxygen atoms in total. The number of nitrogens with one attached hydrogen (secondary N) is 1. The van der Waals surface area contributed by atoms with Gasteiger partial charge in [0.25, 0.3) is 5.91 Å². The molecule has 1 fully saturated rings. The van der Waals surface area contributed by atoms with Gasteiger partial charge in [0, 0.05) is 12.5 Å². The lowest BCUT2D eigenvalue weighted by molar-refractivity contribution is -0.148. The van der Waals surface area contributed by atoms with Gasteiger partial charge in [-0.3, -0.25) is 9.59 Å². The Balaban J connectivity index is 1.40. The SMILES string of the molecule is NC(N)=Nc1ccc(C(=O)Oc2ccc(CCC(=O)OCC(=O)NC3CCCC3)cc2)cc1. The van der Waals surface area contributed by atoms with Crippen LogP contribution in [-0.4, -0.2) is 36.5 Å². The van der Waals surface area contributed by atoms with Gasteiger partial charge in [-0.2, -0.15) is 0 Å². The molecule has 0 aliphatic heterocycles. The van der Waals surface area contributed by atoms with E-state index in [0.717, 1.165) is 31.2 Å². The lowest BCUT2D eigenvalue weighted by Gasteiger charge is -2.12. The third kappa shape index (κ3) is 7.95. The molecular weight excluding hydrogens is 424 g/mol. The molecule has 0 bridgehead atoms. The summed E-state index contributed by atoms with van der Waals surface area (Å²) in [5, 5.41) is 2.88. The Hall–Kier alpha value is -3.88. The summed E-state index contributed by atoms with van der Waals surface area (Å²) in [6.07, 6.45) is 4.81. The second-order valence-corrected chi connectivity index (χ2v) is 7.83. The third-order valence-corrected chi connectivity index (χ3v) is 5.20. The fourth-order valence-electron chi connectivity index (χ4n) is 3.52. The summed E-state index contributed by atoms with van der Waals surface area (Å²) in [4.78, 5) is 39.9. The Morgan fingerprint density at radius 3 is 2.27 bits per heavy atom. The molecule has 174 valence electrons. The summed E-state index contributed by atoms with van der Waals surface area (Å²) >= 11 is 0. The van der Waals surface area contributed by atoms with Crippen molar-refractivity contribution in [3.63, 3.8) is 0 Å². The molecule has 5 N–H and O–H groups in total. The summed E-state index contributed by atoms with van der Waals surface area (Å²) in [5.74, 6) is -0.895. The summed E-state index contributed by atoms with van der Waals surface area (Å²) in [7, 11) is 0. The van der Waals surface area contributed by atoms with E-state index in [-0.39, 0.29) is 30.9 Å². The van der Waals surface area contributed by atoms with Crippen LogP contribution in [0.25, 0.3) is 0 Å². The van der Waals surface area contributed by atoms with Crippen LogP contribution in [0, 0.1) is 0 Å². The van der Waals surface area contributed by atoms with E-state index in [1.54, 1.807) is 48.5 Å². The molecule has 33 heavy (non-hydrogen) atoms. The number of hydrogen-bond donors (Lipinski definition) is 3. The molecule has 0 heterocycles. The molecule has 0 saturated heterocycles. The van der Waals surface area contributed by atoms with Crippen molar-refractivity contribution < 1.29 is 23.9 Å². The average molecular weight is 453 g/mol. The normalized spacial score (nSPS) is 13.2. The number of amides is 1. The standard InChI is InChI=1S/C24H28N4O5/c25-24(26)28-19-10-8-17(9-11-19)23(31)33-20-12-5-16(6-13-20)7-14-22(30)32-15-21(29)27-18-3-1-2-4-18/h5-6,8-13,18H,1-4,7,14-15H2,(H,27,29)(H4,25,26,28). The molecular formula is C24H28N4O5. The molecule has 0 spiro atoms. The highest BCUT2D eigenvalue weighted by Gasteiger charge is 2.18. The van der Waals surface area contributed by atoms with E-state index in [1.807, 2.05) is 0 Å². The summed E-state index contributed by atoms with van der Waals surface area (Å²) in [6.45, 7) is -0.253. The van der Waals surface area contributed by atoms with E-state index in [0.29, 0.717) is 23.4 Å².